The summed E-state index contributed by atoms with van der Waals surface area (Å²) in [4.78, 5) is 4.59. The zero-order valence-corrected chi connectivity index (χ0v) is 13.9. The molecule has 0 atom stereocenters. The molecule has 126 valence electrons. The lowest BCUT2D eigenvalue weighted by Gasteiger charge is -2.47. The zero-order valence-electron chi connectivity index (χ0n) is 13.9. The summed E-state index contributed by atoms with van der Waals surface area (Å²) in [6.45, 7) is 4.01. The smallest absolute Gasteiger partial charge is 0.151 e. The number of fused-ring (bicyclic) bond motifs is 1. The minimum atomic E-state index is -0.583. The van der Waals surface area contributed by atoms with Gasteiger partial charge in [-0.3, -0.25) is 4.90 Å². The van der Waals surface area contributed by atoms with Gasteiger partial charge in [-0.2, -0.15) is 5.10 Å². The number of aliphatic hydroxyl groups is 1. The molecule has 0 spiro atoms. The molecule has 0 aromatic carbocycles. The van der Waals surface area contributed by atoms with Crippen molar-refractivity contribution in [3.8, 4) is 0 Å². The van der Waals surface area contributed by atoms with Crippen LogP contribution in [0.2, 0.25) is 0 Å². The third-order valence-electron chi connectivity index (χ3n) is 5.58. The molecule has 0 unspecified atom stereocenters. The molecule has 1 aliphatic carbocycles. The van der Waals surface area contributed by atoms with Gasteiger partial charge in [0.05, 0.1) is 11.3 Å². The molecule has 6 nitrogen and oxygen atoms in total. The molecule has 3 heterocycles. The number of ether oxygens (including phenoxy) is 1. The average Bonchev–Trinajstić information content (AvgIpc) is 2.93. The largest absolute Gasteiger partial charge is 0.388 e. The van der Waals surface area contributed by atoms with Crippen LogP contribution in [0, 0.1) is 0 Å². The summed E-state index contributed by atoms with van der Waals surface area (Å²) in [5, 5.41) is 19.4. The molecular weight excluding hydrogens is 292 g/mol. The van der Waals surface area contributed by atoms with Crippen molar-refractivity contribution in [1.29, 1.82) is 0 Å². The number of anilines is 1. The monoisotopic (exact) mass is 318 g/mol. The van der Waals surface area contributed by atoms with Crippen molar-refractivity contribution in [1.82, 2.24) is 15.1 Å². The second-order valence-electron chi connectivity index (χ2n) is 7.34. The van der Waals surface area contributed by atoms with Gasteiger partial charge in [-0.25, -0.2) is 0 Å². The summed E-state index contributed by atoms with van der Waals surface area (Å²) >= 11 is 0. The van der Waals surface area contributed by atoms with Gasteiger partial charge >= 0.3 is 0 Å². The highest BCUT2D eigenvalue weighted by Crippen LogP contribution is 2.28. The predicted octanol–water partition coefficient (Wildman–Crippen LogP) is 0.627. The molecule has 6 heteroatoms. The van der Waals surface area contributed by atoms with E-state index < -0.39 is 5.60 Å². The van der Waals surface area contributed by atoms with Gasteiger partial charge in [0, 0.05) is 51.7 Å². The van der Waals surface area contributed by atoms with Crippen molar-refractivity contribution in [3.05, 3.63) is 17.3 Å². The first-order chi connectivity index (χ1) is 11.1. The number of aryl methyl sites for hydroxylation is 2. The van der Waals surface area contributed by atoms with E-state index in [0.717, 1.165) is 51.1 Å². The van der Waals surface area contributed by atoms with Gasteiger partial charge in [0.2, 0.25) is 0 Å². The van der Waals surface area contributed by atoms with E-state index in [1.54, 1.807) is 0 Å². The van der Waals surface area contributed by atoms with Gasteiger partial charge in [-0.15, -0.1) is 5.10 Å². The Hall–Kier alpha value is -1.24. The van der Waals surface area contributed by atoms with Crippen LogP contribution in [0.5, 0.6) is 0 Å². The highest BCUT2D eigenvalue weighted by Gasteiger charge is 2.37. The van der Waals surface area contributed by atoms with Gasteiger partial charge in [0.15, 0.2) is 5.82 Å². The van der Waals surface area contributed by atoms with Gasteiger partial charge in [0.25, 0.3) is 0 Å². The number of likely N-dealkylation sites (N-methyl/N-ethyl adjacent to an activating group) is 1. The van der Waals surface area contributed by atoms with E-state index in [9.17, 15) is 5.11 Å². The Bertz CT molecular complexity index is 568. The summed E-state index contributed by atoms with van der Waals surface area (Å²) in [6, 6.07) is 2.70. The molecule has 2 saturated heterocycles. The molecule has 0 radical (unpaired) electrons. The first-order valence-electron chi connectivity index (χ1n) is 8.74. The van der Waals surface area contributed by atoms with E-state index in [1.807, 2.05) is 0 Å². The Morgan fingerprint density at radius 3 is 2.87 bits per heavy atom. The Labute approximate surface area is 137 Å². The predicted molar refractivity (Wildman–Crippen MR) is 87.7 cm³/mol. The third-order valence-corrected chi connectivity index (χ3v) is 5.58. The highest BCUT2D eigenvalue weighted by molar-refractivity contribution is 5.45. The normalized spacial score (nSPS) is 23.9. The average molecular weight is 318 g/mol. The third kappa shape index (κ3) is 3.07. The van der Waals surface area contributed by atoms with E-state index in [0.29, 0.717) is 19.3 Å². The molecule has 0 saturated carbocycles. The Morgan fingerprint density at radius 1 is 1.30 bits per heavy atom. The number of hydrogen-bond donors (Lipinski definition) is 1. The van der Waals surface area contributed by atoms with E-state index in [-0.39, 0.29) is 0 Å². The summed E-state index contributed by atoms with van der Waals surface area (Å²) in [6.07, 6.45) is 4.91. The van der Waals surface area contributed by atoms with E-state index in [1.165, 1.54) is 17.7 Å². The molecular formula is C17H26N4O2. The lowest BCUT2D eigenvalue weighted by atomic mass is 9.92. The molecule has 0 amide bonds. The molecule has 0 bridgehead atoms. The summed E-state index contributed by atoms with van der Waals surface area (Å²) in [5.74, 6) is 1.01. The number of rotatable bonds is 4. The summed E-state index contributed by atoms with van der Waals surface area (Å²) < 4.78 is 5.36. The molecule has 1 N–H and O–H groups in total. The van der Waals surface area contributed by atoms with Crippen LogP contribution in [0.1, 0.15) is 30.5 Å². The van der Waals surface area contributed by atoms with E-state index in [4.69, 9.17) is 4.74 Å². The molecule has 23 heavy (non-hydrogen) atoms. The zero-order chi connectivity index (χ0) is 15.9. The van der Waals surface area contributed by atoms with Crippen molar-refractivity contribution in [3.63, 3.8) is 0 Å². The summed E-state index contributed by atoms with van der Waals surface area (Å²) in [7, 11) is 2.11. The number of nitrogens with zero attached hydrogens (tertiary/aromatic N) is 4. The molecule has 2 aliphatic heterocycles. The Morgan fingerprint density at radius 2 is 2.09 bits per heavy atom. The lowest BCUT2D eigenvalue weighted by Crippen LogP contribution is -2.61. The van der Waals surface area contributed by atoms with E-state index >= 15 is 0 Å². The minimum Gasteiger partial charge on any atom is -0.388 e. The fraction of sp³-hybridized carbons (Fsp3) is 0.765. The van der Waals surface area contributed by atoms with Crippen LogP contribution in [0.4, 0.5) is 5.82 Å². The fourth-order valence-corrected chi connectivity index (χ4v) is 3.90. The lowest BCUT2D eigenvalue weighted by molar-refractivity contribution is -0.0825. The van der Waals surface area contributed by atoms with Crippen molar-refractivity contribution < 1.29 is 9.84 Å². The van der Waals surface area contributed by atoms with Gasteiger partial charge in [0.1, 0.15) is 0 Å². The fourth-order valence-electron chi connectivity index (χ4n) is 3.90. The second-order valence-corrected chi connectivity index (χ2v) is 7.34. The van der Waals surface area contributed by atoms with Crippen LogP contribution in [-0.4, -0.2) is 71.7 Å². The molecule has 4 rings (SSSR count). The van der Waals surface area contributed by atoms with Crippen molar-refractivity contribution in [2.24, 2.45) is 0 Å². The van der Waals surface area contributed by atoms with Crippen LogP contribution in [-0.2, 0) is 17.6 Å². The Kier molecular flexibility index (Phi) is 3.99. The maximum absolute atomic E-state index is 10.6. The second kappa shape index (κ2) is 6.00. The Balaban J connectivity index is 1.32. The molecule has 1 aromatic rings. The van der Waals surface area contributed by atoms with Crippen LogP contribution < -0.4 is 4.90 Å². The van der Waals surface area contributed by atoms with Crippen LogP contribution in [0.25, 0.3) is 0 Å². The minimum absolute atomic E-state index is 0.483. The molecule has 2 fully saturated rings. The van der Waals surface area contributed by atoms with Gasteiger partial charge in [-0.05, 0) is 37.9 Å². The van der Waals surface area contributed by atoms with E-state index in [2.05, 4.69) is 33.1 Å². The quantitative estimate of drug-likeness (QED) is 0.878. The number of aromatic nitrogens is 2. The highest BCUT2D eigenvalue weighted by atomic mass is 16.5. The van der Waals surface area contributed by atoms with Gasteiger partial charge in [-0.1, -0.05) is 0 Å². The molecule has 3 aliphatic rings. The van der Waals surface area contributed by atoms with Crippen LogP contribution >= 0.6 is 0 Å². The maximum Gasteiger partial charge on any atom is 0.151 e. The first-order valence-corrected chi connectivity index (χ1v) is 8.74. The summed E-state index contributed by atoms with van der Waals surface area (Å²) in [5.41, 5.74) is 1.98. The maximum atomic E-state index is 10.6. The first kappa shape index (κ1) is 15.3. The SMILES string of the molecule is CN(CC1(O)CCOCC1)C1CN(c2cc3c(nn2)CCC3)C1. The standard InChI is InChI=1S/C17H26N4O2/c1-20(12-17(22)5-7-23-8-6-17)14-10-21(11-14)16-9-13-3-2-4-15(13)18-19-16/h9,14,22H,2-8,10-12H2,1H3. The van der Waals surface area contributed by atoms with Crippen molar-refractivity contribution >= 4 is 5.82 Å². The van der Waals surface area contributed by atoms with Crippen molar-refractivity contribution in [2.75, 3.05) is 44.8 Å². The van der Waals surface area contributed by atoms with Gasteiger partial charge < -0.3 is 14.7 Å². The van der Waals surface area contributed by atoms with Crippen LogP contribution in [0.3, 0.4) is 0 Å². The van der Waals surface area contributed by atoms with Crippen LogP contribution in [0.15, 0.2) is 6.07 Å². The molecule has 1 aromatic heterocycles. The number of hydrogen-bond acceptors (Lipinski definition) is 6. The van der Waals surface area contributed by atoms with Crippen molar-refractivity contribution in [2.45, 2.75) is 43.7 Å². The topological polar surface area (TPSA) is 61.7 Å².